The van der Waals surface area contributed by atoms with Gasteiger partial charge in [-0.1, -0.05) is 123 Å². The van der Waals surface area contributed by atoms with Crippen LogP contribution in [0.2, 0.25) is 0 Å². The van der Waals surface area contributed by atoms with Gasteiger partial charge >= 0.3 is 0 Å². The highest BCUT2D eigenvalue weighted by Gasteiger charge is 2.30. The molecule has 39 heavy (non-hydrogen) atoms. The van der Waals surface area contributed by atoms with Gasteiger partial charge in [-0.05, 0) is 102 Å². The number of carbonyl (C=O) groups excluding carboxylic acids is 1. The van der Waals surface area contributed by atoms with Gasteiger partial charge in [-0.15, -0.1) is 0 Å². The Morgan fingerprint density at radius 2 is 1.10 bits per heavy atom. The van der Waals surface area contributed by atoms with Crippen LogP contribution in [0, 0.1) is 0 Å². The molecular weight excluding hydrogens is 472 g/mol. The Labute approximate surface area is 241 Å². The van der Waals surface area contributed by atoms with Crippen LogP contribution in [-0.2, 0) is 32.1 Å². The third-order valence-corrected chi connectivity index (χ3v) is 9.10. The van der Waals surface area contributed by atoms with Gasteiger partial charge in [0.25, 0.3) is 0 Å². The lowest BCUT2D eigenvalue weighted by Gasteiger charge is -2.23. The zero-order valence-corrected chi connectivity index (χ0v) is 26.1. The lowest BCUT2D eigenvalue weighted by molar-refractivity contribution is 0.112. The zero-order valence-electron chi connectivity index (χ0n) is 26.1. The summed E-state index contributed by atoms with van der Waals surface area (Å²) in [6, 6.07) is 6.94. The van der Waals surface area contributed by atoms with E-state index in [9.17, 15) is 4.79 Å². The van der Waals surface area contributed by atoms with Crippen LogP contribution >= 0.6 is 0 Å². The number of fused-ring (bicyclic) bond motifs is 3. The van der Waals surface area contributed by atoms with Gasteiger partial charge in [0, 0.05) is 5.56 Å². The van der Waals surface area contributed by atoms with Crippen molar-refractivity contribution in [2.75, 3.05) is 0 Å². The predicted octanol–water partition coefficient (Wildman–Crippen LogP) is 11.6. The highest BCUT2D eigenvalue weighted by atomic mass is 16.1. The third-order valence-electron chi connectivity index (χ3n) is 9.10. The molecule has 0 amide bonds. The molecular formula is C38H58O. The van der Waals surface area contributed by atoms with E-state index in [4.69, 9.17) is 0 Å². The molecule has 0 fully saturated rings. The van der Waals surface area contributed by atoms with E-state index in [0.717, 1.165) is 37.7 Å². The average molecular weight is 531 g/mol. The Balaban J connectivity index is 1.89. The van der Waals surface area contributed by atoms with Gasteiger partial charge in [0.05, 0.1) is 0 Å². The molecule has 0 atom stereocenters. The Morgan fingerprint density at radius 1 is 0.564 bits per heavy atom. The minimum atomic E-state index is 0.941. The number of hydrogen-bond donors (Lipinski definition) is 0. The van der Waals surface area contributed by atoms with Crippen LogP contribution in [0.15, 0.2) is 18.2 Å². The highest BCUT2D eigenvalue weighted by Crippen LogP contribution is 2.46. The third kappa shape index (κ3) is 8.55. The van der Waals surface area contributed by atoms with Gasteiger partial charge in [-0.2, -0.15) is 0 Å². The van der Waals surface area contributed by atoms with E-state index in [1.54, 1.807) is 11.1 Å². The van der Waals surface area contributed by atoms with Gasteiger partial charge in [-0.25, -0.2) is 0 Å². The van der Waals surface area contributed by atoms with E-state index in [-0.39, 0.29) is 0 Å². The van der Waals surface area contributed by atoms with Crippen molar-refractivity contribution in [1.29, 1.82) is 0 Å². The van der Waals surface area contributed by atoms with Gasteiger partial charge in [0.15, 0.2) is 6.29 Å². The topological polar surface area (TPSA) is 17.1 Å². The minimum Gasteiger partial charge on any atom is -0.298 e. The van der Waals surface area contributed by atoms with E-state index in [1.165, 1.54) is 142 Å². The first kappa shape index (κ1) is 31.6. The molecule has 0 radical (unpaired) electrons. The maximum Gasteiger partial charge on any atom is 0.150 e. The number of hydrogen-bond acceptors (Lipinski definition) is 1. The summed E-state index contributed by atoms with van der Waals surface area (Å²) in [7, 11) is 0. The molecule has 0 spiro atoms. The van der Waals surface area contributed by atoms with Crippen molar-refractivity contribution in [3.8, 4) is 11.1 Å². The van der Waals surface area contributed by atoms with Gasteiger partial charge < -0.3 is 0 Å². The normalized spacial score (nSPS) is 12.1. The van der Waals surface area contributed by atoms with Gasteiger partial charge in [0.1, 0.15) is 0 Å². The predicted molar refractivity (Wildman–Crippen MR) is 171 cm³/mol. The summed E-state index contributed by atoms with van der Waals surface area (Å²) in [4.78, 5) is 12.8. The van der Waals surface area contributed by atoms with Crippen molar-refractivity contribution in [2.45, 2.75) is 163 Å². The SMILES string of the molecule is CCCCCCCCCCCCc1c(C=O)c2c(c(CCCC)c1CCCC)-c1c(CCCC)cccc1C2. The fraction of sp³-hybridized carbons (Fsp3) is 0.658. The van der Waals surface area contributed by atoms with Crippen molar-refractivity contribution >= 4 is 6.29 Å². The van der Waals surface area contributed by atoms with Crippen LogP contribution < -0.4 is 0 Å². The number of benzene rings is 2. The van der Waals surface area contributed by atoms with Crippen LogP contribution in [0.5, 0.6) is 0 Å². The number of unbranched alkanes of at least 4 members (excludes halogenated alkanes) is 12. The Hall–Kier alpha value is -1.89. The molecule has 216 valence electrons. The first-order chi connectivity index (χ1) is 19.2. The largest absolute Gasteiger partial charge is 0.298 e. The minimum absolute atomic E-state index is 0.941. The Kier molecular flexibility index (Phi) is 14.4. The highest BCUT2D eigenvalue weighted by molar-refractivity contribution is 5.92. The molecule has 2 aromatic carbocycles. The molecule has 1 aliphatic rings. The lowest BCUT2D eigenvalue weighted by Crippen LogP contribution is -2.10. The molecule has 3 rings (SSSR count). The quantitative estimate of drug-likeness (QED) is 0.0988. The van der Waals surface area contributed by atoms with Crippen molar-refractivity contribution < 1.29 is 4.79 Å². The smallest absolute Gasteiger partial charge is 0.150 e. The number of rotatable bonds is 21. The Bertz CT molecular complexity index is 1010. The van der Waals surface area contributed by atoms with Gasteiger partial charge in [0.2, 0.25) is 0 Å². The molecule has 1 heteroatoms. The lowest BCUT2D eigenvalue weighted by atomic mass is 9.80. The summed E-state index contributed by atoms with van der Waals surface area (Å²) in [5.74, 6) is 0. The van der Waals surface area contributed by atoms with E-state index in [1.807, 2.05) is 0 Å². The maximum absolute atomic E-state index is 12.8. The number of aryl methyl sites for hydroxylation is 1. The second-order valence-corrected chi connectivity index (χ2v) is 12.2. The van der Waals surface area contributed by atoms with E-state index in [2.05, 4.69) is 45.9 Å². The van der Waals surface area contributed by atoms with Crippen LogP contribution in [0.1, 0.15) is 174 Å². The molecule has 1 aliphatic carbocycles. The Morgan fingerprint density at radius 3 is 1.72 bits per heavy atom. The fourth-order valence-corrected chi connectivity index (χ4v) is 6.87. The summed E-state index contributed by atoms with van der Waals surface area (Å²) in [5, 5.41) is 0. The molecule has 2 aromatic rings. The number of carbonyl (C=O) groups is 1. The average Bonchev–Trinajstić information content (AvgIpc) is 3.34. The fourth-order valence-electron chi connectivity index (χ4n) is 6.87. The molecule has 0 heterocycles. The molecule has 0 bridgehead atoms. The second-order valence-electron chi connectivity index (χ2n) is 12.2. The number of aldehydes is 1. The molecule has 0 saturated carbocycles. The van der Waals surface area contributed by atoms with Crippen LogP contribution in [0.3, 0.4) is 0 Å². The van der Waals surface area contributed by atoms with Crippen LogP contribution in [-0.4, -0.2) is 6.29 Å². The van der Waals surface area contributed by atoms with Crippen LogP contribution in [0.4, 0.5) is 0 Å². The maximum atomic E-state index is 12.8. The zero-order chi connectivity index (χ0) is 27.9. The van der Waals surface area contributed by atoms with Gasteiger partial charge in [-0.3, -0.25) is 4.79 Å². The standard InChI is InChI=1S/C38H58O/c1-5-9-13-14-15-16-17-18-19-20-27-33-32(25-11-7-3)34(26-12-8-4)38-35(36(33)29-39)28-31-24-21-23-30(37(31)38)22-10-6-2/h21,23-24,29H,5-20,22,25-28H2,1-4H3. The first-order valence-corrected chi connectivity index (χ1v) is 17.0. The van der Waals surface area contributed by atoms with E-state index < -0.39 is 0 Å². The second kappa shape index (κ2) is 17.7. The molecule has 0 aliphatic heterocycles. The van der Waals surface area contributed by atoms with Crippen molar-refractivity contribution in [1.82, 2.24) is 0 Å². The summed E-state index contributed by atoms with van der Waals surface area (Å²) in [6.45, 7) is 9.20. The summed E-state index contributed by atoms with van der Waals surface area (Å²) >= 11 is 0. The molecule has 1 nitrogen and oxygen atoms in total. The van der Waals surface area contributed by atoms with Crippen molar-refractivity contribution in [3.63, 3.8) is 0 Å². The summed E-state index contributed by atoms with van der Waals surface area (Å²) in [5.41, 5.74) is 12.9. The monoisotopic (exact) mass is 530 g/mol. The van der Waals surface area contributed by atoms with Crippen molar-refractivity contribution in [3.05, 3.63) is 57.1 Å². The van der Waals surface area contributed by atoms with Crippen LogP contribution in [0.25, 0.3) is 11.1 Å². The molecule has 0 saturated heterocycles. The molecule has 0 unspecified atom stereocenters. The van der Waals surface area contributed by atoms with Crippen molar-refractivity contribution in [2.24, 2.45) is 0 Å². The first-order valence-electron chi connectivity index (χ1n) is 17.0. The summed E-state index contributed by atoms with van der Waals surface area (Å²) in [6.07, 6.45) is 27.6. The molecule has 0 N–H and O–H groups in total. The van der Waals surface area contributed by atoms with E-state index >= 15 is 0 Å². The summed E-state index contributed by atoms with van der Waals surface area (Å²) < 4.78 is 0. The molecule has 0 aromatic heterocycles. The van der Waals surface area contributed by atoms with E-state index in [0.29, 0.717) is 0 Å².